The Morgan fingerprint density at radius 3 is 2.73 bits per heavy atom. The Balaban J connectivity index is 1.56. The van der Waals surface area contributed by atoms with Gasteiger partial charge in [-0.15, -0.1) is 0 Å². The fourth-order valence-electron chi connectivity index (χ4n) is 4.62. The summed E-state index contributed by atoms with van der Waals surface area (Å²) in [5.41, 5.74) is 0.162. The molecule has 0 spiro atoms. The lowest BCUT2D eigenvalue weighted by molar-refractivity contribution is -0.233. The second kappa shape index (κ2) is 8.33. The van der Waals surface area contributed by atoms with Gasteiger partial charge in [-0.25, -0.2) is 4.79 Å². The molecule has 144 valence electrons. The van der Waals surface area contributed by atoms with Crippen molar-refractivity contribution in [2.75, 3.05) is 0 Å². The topological polar surface area (TPSA) is 47.6 Å². The van der Waals surface area contributed by atoms with Crippen LogP contribution in [-0.2, 0) is 16.1 Å². The van der Waals surface area contributed by atoms with Crippen LogP contribution in [0.5, 0.6) is 0 Å². The van der Waals surface area contributed by atoms with Crippen LogP contribution in [0.25, 0.3) is 0 Å². The first-order valence-electron chi connectivity index (χ1n) is 9.43. The van der Waals surface area contributed by atoms with Gasteiger partial charge < -0.3 is 14.8 Å². The van der Waals surface area contributed by atoms with Gasteiger partial charge in [0.15, 0.2) is 0 Å². The minimum Gasteiger partial charge on any atom is -0.445 e. The van der Waals surface area contributed by atoms with E-state index in [0.29, 0.717) is 25.2 Å². The van der Waals surface area contributed by atoms with Gasteiger partial charge in [-0.3, -0.25) is 0 Å². The van der Waals surface area contributed by atoms with E-state index in [1.165, 1.54) is 0 Å². The molecular weight excluding hydrogens is 340 g/mol. The number of ether oxygens (including phenoxy) is 2. The summed E-state index contributed by atoms with van der Waals surface area (Å²) in [7, 11) is 0. The number of carbonyl (C=O) groups is 1. The van der Waals surface area contributed by atoms with Crippen molar-refractivity contribution in [3.63, 3.8) is 0 Å². The molecule has 1 N–H and O–H groups in total. The molecule has 2 fully saturated rings. The van der Waals surface area contributed by atoms with E-state index in [0.717, 1.165) is 24.8 Å². The van der Waals surface area contributed by atoms with Gasteiger partial charge in [-0.05, 0) is 55.9 Å². The predicted octanol–water partition coefficient (Wildman–Crippen LogP) is 4.88. The van der Waals surface area contributed by atoms with Crippen LogP contribution in [0, 0.1) is 11.8 Å². The molecule has 0 heterocycles. The van der Waals surface area contributed by atoms with Crippen molar-refractivity contribution in [3.8, 4) is 0 Å². The Hall–Kier alpha value is -1.69. The zero-order valence-corrected chi connectivity index (χ0v) is 15.1. The molecule has 4 atom stereocenters. The van der Waals surface area contributed by atoms with Crippen LogP contribution < -0.4 is 5.32 Å². The van der Waals surface area contributed by atoms with Crippen LogP contribution in [0.15, 0.2) is 30.3 Å². The molecule has 1 aromatic rings. The molecule has 2 aliphatic carbocycles. The maximum Gasteiger partial charge on any atom is 0.407 e. The SMILES string of the molecule is CC[C@]1(OC(F)F)CC2CC[C@H](NC(=O)OCc3ccccc3)C(C2)C1. The van der Waals surface area contributed by atoms with E-state index in [-0.39, 0.29) is 18.6 Å². The molecule has 2 bridgehead atoms. The summed E-state index contributed by atoms with van der Waals surface area (Å²) in [5.74, 6) is 0.552. The highest BCUT2D eigenvalue weighted by Crippen LogP contribution is 2.48. The minimum atomic E-state index is -2.75. The number of alkyl halides is 2. The van der Waals surface area contributed by atoms with E-state index in [4.69, 9.17) is 9.47 Å². The van der Waals surface area contributed by atoms with Crippen LogP contribution in [0.1, 0.15) is 51.0 Å². The lowest BCUT2D eigenvalue weighted by atomic mass is 9.63. The molecule has 0 aliphatic heterocycles. The summed E-state index contributed by atoms with van der Waals surface area (Å²) in [4.78, 5) is 12.2. The van der Waals surface area contributed by atoms with Gasteiger partial charge in [0.05, 0.1) is 5.60 Å². The summed E-state index contributed by atoms with van der Waals surface area (Å²) in [6, 6.07) is 9.46. The monoisotopic (exact) mass is 367 g/mol. The maximum atomic E-state index is 12.9. The van der Waals surface area contributed by atoms with Gasteiger partial charge in [-0.1, -0.05) is 37.3 Å². The number of hydrogen-bond donors (Lipinski definition) is 1. The van der Waals surface area contributed by atoms with E-state index >= 15 is 0 Å². The molecule has 3 rings (SSSR count). The van der Waals surface area contributed by atoms with Crippen molar-refractivity contribution < 1.29 is 23.0 Å². The highest BCUT2D eigenvalue weighted by Gasteiger charge is 2.47. The second-order valence-electron chi connectivity index (χ2n) is 7.58. The van der Waals surface area contributed by atoms with Crippen molar-refractivity contribution in [1.82, 2.24) is 5.32 Å². The Morgan fingerprint density at radius 1 is 1.27 bits per heavy atom. The number of carbonyl (C=O) groups excluding carboxylic acids is 1. The first-order valence-corrected chi connectivity index (χ1v) is 9.43. The number of nitrogens with one attached hydrogen (secondary N) is 1. The average Bonchev–Trinajstić information content (AvgIpc) is 2.62. The molecule has 0 saturated heterocycles. The molecule has 26 heavy (non-hydrogen) atoms. The number of rotatable bonds is 6. The Labute approximate surface area is 153 Å². The molecular formula is C20H27F2NO3. The minimum absolute atomic E-state index is 0.0398. The van der Waals surface area contributed by atoms with Gasteiger partial charge in [0.25, 0.3) is 0 Å². The van der Waals surface area contributed by atoms with Crippen molar-refractivity contribution in [1.29, 1.82) is 0 Å². The summed E-state index contributed by atoms with van der Waals surface area (Å²) in [6.07, 6.45) is 4.12. The number of fused-ring (bicyclic) bond motifs is 2. The van der Waals surface area contributed by atoms with Crippen LogP contribution in [0.4, 0.5) is 13.6 Å². The van der Waals surface area contributed by atoms with Crippen molar-refractivity contribution >= 4 is 6.09 Å². The van der Waals surface area contributed by atoms with E-state index in [1.54, 1.807) is 0 Å². The Morgan fingerprint density at radius 2 is 2.04 bits per heavy atom. The van der Waals surface area contributed by atoms with Gasteiger partial charge >= 0.3 is 12.7 Å². The first-order chi connectivity index (χ1) is 12.5. The lowest BCUT2D eigenvalue weighted by Gasteiger charge is -2.49. The third kappa shape index (κ3) is 4.72. The van der Waals surface area contributed by atoms with Gasteiger partial charge in [-0.2, -0.15) is 8.78 Å². The van der Waals surface area contributed by atoms with Crippen LogP contribution >= 0.6 is 0 Å². The Bertz CT molecular complexity index is 598. The summed E-state index contributed by atoms with van der Waals surface area (Å²) < 4.78 is 36.1. The van der Waals surface area contributed by atoms with Gasteiger partial charge in [0.2, 0.25) is 0 Å². The molecule has 0 radical (unpaired) electrons. The third-order valence-electron chi connectivity index (χ3n) is 5.89. The third-order valence-corrected chi connectivity index (χ3v) is 5.89. The molecule has 2 aliphatic rings. The summed E-state index contributed by atoms with van der Waals surface area (Å²) in [5, 5.41) is 2.96. The summed E-state index contributed by atoms with van der Waals surface area (Å²) in [6.45, 7) is -0.629. The zero-order valence-electron chi connectivity index (χ0n) is 15.1. The number of amides is 1. The summed E-state index contributed by atoms with van der Waals surface area (Å²) >= 11 is 0. The number of hydrogen-bond acceptors (Lipinski definition) is 3. The predicted molar refractivity (Wildman–Crippen MR) is 93.7 cm³/mol. The van der Waals surface area contributed by atoms with Crippen LogP contribution in [-0.4, -0.2) is 24.3 Å². The van der Waals surface area contributed by atoms with Gasteiger partial charge in [0.1, 0.15) is 6.61 Å². The first kappa shape index (κ1) is 19.1. The van der Waals surface area contributed by atoms with E-state index in [1.807, 2.05) is 37.3 Å². The largest absolute Gasteiger partial charge is 0.445 e. The molecule has 2 unspecified atom stereocenters. The fourth-order valence-corrected chi connectivity index (χ4v) is 4.62. The standard InChI is InChI=1S/C20H27F2NO3/c1-2-20(26-18(21)22)11-15-8-9-17(16(10-15)12-20)23-19(24)25-13-14-6-4-3-5-7-14/h3-7,15-18H,2,8-13H2,1H3,(H,23,24)/t15?,16?,17-,20-/m0/s1. The molecule has 1 aromatic carbocycles. The molecule has 6 heteroatoms. The second-order valence-corrected chi connectivity index (χ2v) is 7.58. The number of halogens is 2. The average molecular weight is 367 g/mol. The molecule has 2 saturated carbocycles. The van der Waals surface area contributed by atoms with Crippen molar-refractivity contribution in [2.24, 2.45) is 11.8 Å². The fraction of sp³-hybridized carbons (Fsp3) is 0.650. The highest BCUT2D eigenvalue weighted by atomic mass is 19.3. The maximum absolute atomic E-state index is 12.9. The quantitative estimate of drug-likeness (QED) is 0.779. The van der Waals surface area contributed by atoms with Crippen LogP contribution in [0.2, 0.25) is 0 Å². The van der Waals surface area contributed by atoms with Crippen molar-refractivity contribution in [2.45, 2.75) is 70.3 Å². The smallest absolute Gasteiger partial charge is 0.407 e. The highest BCUT2D eigenvalue weighted by molar-refractivity contribution is 5.67. The number of benzene rings is 1. The van der Waals surface area contributed by atoms with E-state index in [2.05, 4.69) is 5.32 Å². The van der Waals surface area contributed by atoms with Gasteiger partial charge in [0, 0.05) is 6.04 Å². The Kier molecular flexibility index (Phi) is 6.12. The molecule has 1 amide bonds. The van der Waals surface area contributed by atoms with E-state index < -0.39 is 18.3 Å². The zero-order chi connectivity index (χ0) is 18.6. The molecule has 4 nitrogen and oxygen atoms in total. The van der Waals surface area contributed by atoms with Crippen LogP contribution in [0.3, 0.4) is 0 Å². The lowest BCUT2D eigenvalue weighted by Crippen LogP contribution is -2.52. The molecule has 0 aromatic heterocycles. The van der Waals surface area contributed by atoms with E-state index in [9.17, 15) is 13.6 Å². The van der Waals surface area contributed by atoms with Crippen molar-refractivity contribution in [3.05, 3.63) is 35.9 Å². The normalized spacial score (nSPS) is 30.8. The number of alkyl carbamates (subject to hydrolysis) is 1.